The molecular formula is C20H22N2O3. The van der Waals surface area contributed by atoms with E-state index in [1.807, 2.05) is 49.4 Å². The third-order valence-corrected chi connectivity index (χ3v) is 4.38. The average molecular weight is 338 g/mol. The van der Waals surface area contributed by atoms with E-state index in [1.165, 1.54) is 0 Å². The number of hydrogen-bond donors (Lipinski definition) is 1. The first-order valence-corrected chi connectivity index (χ1v) is 8.38. The average Bonchev–Trinajstić information content (AvgIpc) is 2.61. The molecule has 0 radical (unpaired) electrons. The summed E-state index contributed by atoms with van der Waals surface area (Å²) in [7, 11) is 1.75. The van der Waals surface area contributed by atoms with Crippen molar-refractivity contribution in [3.05, 3.63) is 59.2 Å². The molecule has 0 saturated heterocycles. The summed E-state index contributed by atoms with van der Waals surface area (Å²) in [6, 6.07) is 13.3. The lowest BCUT2D eigenvalue weighted by Gasteiger charge is -2.30. The molecule has 0 aromatic heterocycles. The number of hydrogen-bond acceptors (Lipinski definition) is 3. The summed E-state index contributed by atoms with van der Waals surface area (Å²) in [6.07, 6.45) is 0.222. The molecular weight excluding hydrogens is 316 g/mol. The number of ether oxygens (including phenoxy) is 1. The molecule has 0 saturated carbocycles. The first-order valence-electron chi connectivity index (χ1n) is 8.38. The van der Waals surface area contributed by atoms with Crippen LogP contribution in [0.5, 0.6) is 5.75 Å². The standard InChI is InChI=1S/C20H22N2O3/c1-13-4-7-16(8-5-13)19(23)21-11-10-15-6-9-18-17(12-15)22(3)20(24)14(2)25-18/h4-9,12,14H,10-11H2,1-3H3,(H,21,23). The van der Waals surface area contributed by atoms with Gasteiger partial charge < -0.3 is 15.0 Å². The molecule has 1 heterocycles. The van der Waals surface area contributed by atoms with Gasteiger partial charge in [0, 0.05) is 19.2 Å². The molecule has 0 bridgehead atoms. The molecule has 2 aromatic carbocycles. The van der Waals surface area contributed by atoms with E-state index in [4.69, 9.17) is 4.74 Å². The minimum Gasteiger partial charge on any atom is -0.479 e. The van der Waals surface area contributed by atoms with Crippen molar-refractivity contribution < 1.29 is 14.3 Å². The Kier molecular flexibility index (Phi) is 4.74. The van der Waals surface area contributed by atoms with Crippen molar-refractivity contribution in [1.82, 2.24) is 5.32 Å². The van der Waals surface area contributed by atoms with E-state index in [1.54, 1.807) is 18.9 Å². The van der Waals surface area contributed by atoms with Gasteiger partial charge in [0.15, 0.2) is 6.10 Å². The number of fused-ring (bicyclic) bond motifs is 1. The number of amides is 2. The molecule has 2 amide bonds. The van der Waals surface area contributed by atoms with Gasteiger partial charge in [0.1, 0.15) is 5.75 Å². The Morgan fingerprint density at radius 2 is 1.92 bits per heavy atom. The van der Waals surface area contributed by atoms with Gasteiger partial charge in [-0.05, 0) is 50.1 Å². The van der Waals surface area contributed by atoms with Crippen LogP contribution in [0.25, 0.3) is 0 Å². The highest BCUT2D eigenvalue weighted by Gasteiger charge is 2.28. The van der Waals surface area contributed by atoms with Gasteiger partial charge in [0.25, 0.3) is 11.8 Å². The number of carbonyl (C=O) groups is 2. The minimum atomic E-state index is -0.461. The fourth-order valence-corrected chi connectivity index (χ4v) is 2.84. The fraction of sp³-hybridized carbons (Fsp3) is 0.300. The molecule has 1 N–H and O–H groups in total. The molecule has 0 fully saturated rings. The Labute approximate surface area is 147 Å². The minimum absolute atomic E-state index is 0.0580. The Hall–Kier alpha value is -2.82. The third kappa shape index (κ3) is 3.65. The second-order valence-electron chi connectivity index (χ2n) is 6.33. The highest BCUT2D eigenvalue weighted by molar-refractivity contribution is 5.99. The fourth-order valence-electron chi connectivity index (χ4n) is 2.84. The van der Waals surface area contributed by atoms with E-state index in [2.05, 4.69) is 5.32 Å². The van der Waals surface area contributed by atoms with Gasteiger partial charge in [0.2, 0.25) is 0 Å². The molecule has 1 unspecified atom stereocenters. The summed E-state index contributed by atoms with van der Waals surface area (Å²) in [4.78, 5) is 25.8. The number of nitrogens with zero attached hydrogens (tertiary/aromatic N) is 1. The van der Waals surface area contributed by atoms with Gasteiger partial charge in [-0.25, -0.2) is 0 Å². The zero-order chi connectivity index (χ0) is 18.0. The van der Waals surface area contributed by atoms with Gasteiger partial charge >= 0.3 is 0 Å². The van der Waals surface area contributed by atoms with E-state index in [0.29, 0.717) is 24.3 Å². The van der Waals surface area contributed by atoms with Crippen molar-refractivity contribution in [3.8, 4) is 5.75 Å². The molecule has 0 aliphatic carbocycles. The van der Waals surface area contributed by atoms with E-state index in [0.717, 1.165) is 16.8 Å². The molecule has 0 spiro atoms. The molecule has 1 aliphatic rings. The summed E-state index contributed by atoms with van der Waals surface area (Å²) < 4.78 is 5.62. The highest BCUT2D eigenvalue weighted by atomic mass is 16.5. The van der Waals surface area contributed by atoms with Gasteiger partial charge in [-0.15, -0.1) is 0 Å². The van der Waals surface area contributed by atoms with Crippen LogP contribution in [-0.4, -0.2) is 31.5 Å². The van der Waals surface area contributed by atoms with Crippen molar-refractivity contribution in [2.24, 2.45) is 0 Å². The zero-order valence-electron chi connectivity index (χ0n) is 14.7. The Bertz CT molecular complexity index is 799. The normalized spacial score (nSPS) is 16.2. The maximum atomic E-state index is 12.1. The third-order valence-electron chi connectivity index (χ3n) is 4.38. The monoisotopic (exact) mass is 338 g/mol. The van der Waals surface area contributed by atoms with Crippen molar-refractivity contribution in [2.45, 2.75) is 26.4 Å². The Morgan fingerprint density at radius 1 is 1.20 bits per heavy atom. The van der Waals surface area contributed by atoms with Gasteiger partial charge in [-0.2, -0.15) is 0 Å². The molecule has 2 aromatic rings. The molecule has 3 rings (SSSR count). The Morgan fingerprint density at radius 3 is 2.64 bits per heavy atom. The topological polar surface area (TPSA) is 58.6 Å². The maximum absolute atomic E-state index is 12.1. The quantitative estimate of drug-likeness (QED) is 0.932. The van der Waals surface area contributed by atoms with Crippen LogP contribution < -0.4 is 15.0 Å². The maximum Gasteiger partial charge on any atom is 0.267 e. The summed E-state index contributed by atoms with van der Waals surface area (Å²) in [5.41, 5.74) is 3.59. The first kappa shape index (κ1) is 17.0. The lowest BCUT2D eigenvalue weighted by atomic mass is 10.1. The molecule has 1 atom stereocenters. The van der Waals surface area contributed by atoms with Gasteiger partial charge in [0.05, 0.1) is 5.69 Å². The number of nitrogens with one attached hydrogen (secondary N) is 1. The summed E-state index contributed by atoms with van der Waals surface area (Å²) in [6.45, 7) is 4.26. The van der Waals surface area contributed by atoms with Crippen LogP contribution in [0.3, 0.4) is 0 Å². The predicted octanol–water partition coefficient (Wildman–Crippen LogP) is 2.71. The SMILES string of the molecule is Cc1ccc(C(=O)NCCc2ccc3c(c2)N(C)C(=O)C(C)O3)cc1. The number of aryl methyl sites for hydroxylation is 1. The lowest BCUT2D eigenvalue weighted by Crippen LogP contribution is -2.42. The summed E-state index contributed by atoms with van der Waals surface area (Å²) in [5, 5.41) is 2.92. The molecule has 5 heteroatoms. The predicted molar refractivity (Wildman–Crippen MR) is 97.2 cm³/mol. The number of likely N-dealkylation sites (N-methyl/N-ethyl adjacent to an activating group) is 1. The van der Waals surface area contributed by atoms with Gasteiger partial charge in [-0.1, -0.05) is 23.8 Å². The molecule has 130 valence electrons. The Balaban J connectivity index is 1.62. The number of carbonyl (C=O) groups excluding carboxylic acids is 2. The summed E-state index contributed by atoms with van der Waals surface area (Å²) in [5.74, 6) is 0.571. The highest BCUT2D eigenvalue weighted by Crippen LogP contribution is 2.33. The van der Waals surface area contributed by atoms with E-state index in [-0.39, 0.29) is 11.8 Å². The number of benzene rings is 2. The summed E-state index contributed by atoms with van der Waals surface area (Å²) >= 11 is 0. The van der Waals surface area contributed by atoms with Crippen molar-refractivity contribution in [3.63, 3.8) is 0 Å². The first-order chi connectivity index (χ1) is 12.0. The van der Waals surface area contributed by atoms with Crippen LogP contribution in [0.4, 0.5) is 5.69 Å². The zero-order valence-corrected chi connectivity index (χ0v) is 14.7. The van der Waals surface area contributed by atoms with Crippen LogP contribution >= 0.6 is 0 Å². The molecule has 25 heavy (non-hydrogen) atoms. The van der Waals surface area contributed by atoms with Crippen molar-refractivity contribution in [1.29, 1.82) is 0 Å². The van der Waals surface area contributed by atoms with Crippen molar-refractivity contribution >= 4 is 17.5 Å². The van der Waals surface area contributed by atoms with Crippen LogP contribution in [-0.2, 0) is 11.2 Å². The van der Waals surface area contributed by atoms with Crippen LogP contribution in [0.1, 0.15) is 28.4 Å². The lowest BCUT2D eigenvalue weighted by molar-refractivity contribution is -0.125. The van der Waals surface area contributed by atoms with E-state index >= 15 is 0 Å². The van der Waals surface area contributed by atoms with E-state index in [9.17, 15) is 9.59 Å². The van der Waals surface area contributed by atoms with E-state index < -0.39 is 6.10 Å². The second-order valence-corrected chi connectivity index (χ2v) is 6.33. The van der Waals surface area contributed by atoms with Gasteiger partial charge in [-0.3, -0.25) is 9.59 Å². The number of rotatable bonds is 4. The second kappa shape index (κ2) is 6.97. The van der Waals surface area contributed by atoms with Crippen LogP contribution in [0, 0.1) is 6.92 Å². The largest absolute Gasteiger partial charge is 0.479 e. The molecule has 1 aliphatic heterocycles. The smallest absolute Gasteiger partial charge is 0.267 e. The van der Waals surface area contributed by atoms with Crippen molar-refractivity contribution in [2.75, 3.05) is 18.5 Å². The number of anilines is 1. The van der Waals surface area contributed by atoms with Crippen LogP contribution in [0.15, 0.2) is 42.5 Å². The molecule has 5 nitrogen and oxygen atoms in total. The van der Waals surface area contributed by atoms with Crippen LogP contribution in [0.2, 0.25) is 0 Å².